The normalized spacial score (nSPS) is 25.9. The predicted octanol–water partition coefficient (Wildman–Crippen LogP) is 1.32. The monoisotopic (exact) mass is 254 g/mol. The van der Waals surface area contributed by atoms with Gasteiger partial charge in [0.2, 0.25) is 5.91 Å². The quantitative estimate of drug-likeness (QED) is 0.708. The molecule has 1 amide bonds. The van der Waals surface area contributed by atoms with E-state index in [1.807, 2.05) is 0 Å². The fraction of sp³-hybridized carbons (Fsp3) is 0.929. The lowest BCUT2D eigenvalue weighted by Gasteiger charge is -2.34. The average molecular weight is 254 g/mol. The minimum absolute atomic E-state index is 0.0121. The second kappa shape index (κ2) is 5.57. The summed E-state index contributed by atoms with van der Waals surface area (Å²) in [4.78, 5) is 12.2. The number of amides is 1. The maximum Gasteiger partial charge on any atom is 0.240 e. The molecule has 4 heteroatoms. The van der Waals surface area contributed by atoms with Crippen LogP contribution in [0, 0.1) is 5.41 Å². The van der Waals surface area contributed by atoms with Crippen molar-refractivity contribution in [3.8, 4) is 0 Å². The Morgan fingerprint density at radius 3 is 2.17 bits per heavy atom. The summed E-state index contributed by atoms with van der Waals surface area (Å²) < 4.78 is 0. The highest BCUT2D eigenvalue weighted by atomic mass is 16.3. The van der Waals surface area contributed by atoms with Crippen molar-refractivity contribution in [3.05, 3.63) is 0 Å². The van der Waals surface area contributed by atoms with E-state index in [0.717, 1.165) is 51.4 Å². The first-order valence-corrected chi connectivity index (χ1v) is 7.28. The van der Waals surface area contributed by atoms with E-state index < -0.39 is 5.54 Å². The highest BCUT2D eigenvalue weighted by Crippen LogP contribution is 2.37. The van der Waals surface area contributed by atoms with Gasteiger partial charge in [-0.3, -0.25) is 4.79 Å². The molecule has 0 saturated heterocycles. The molecular weight excluding hydrogens is 228 g/mol. The minimum Gasteiger partial charge on any atom is -0.396 e. The van der Waals surface area contributed by atoms with Gasteiger partial charge in [0.05, 0.1) is 12.1 Å². The van der Waals surface area contributed by atoms with Crippen molar-refractivity contribution in [1.82, 2.24) is 5.32 Å². The molecular formula is C14H26N2O2. The molecule has 0 atom stereocenters. The van der Waals surface area contributed by atoms with Crippen molar-refractivity contribution in [2.45, 2.75) is 63.3 Å². The highest BCUT2D eigenvalue weighted by molar-refractivity contribution is 5.86. The number of nitrogens with one attached hydrogen (secondary N) is 1. The highest BCUT2D eigenvalue weighted by Gasteiger charge is 2.38. The Bertz CT molecular complexity index is 292. The molecule has 2 rings (SSSR count). The molecule has 104 valence electrons. The largest absolute Gasteiger partial charge is 0.396 e. The van der Waals surface area contributed by atoms with Crippen molar-refractivity contribution in [3.63, 3.8) is 0 Å². The smallest absolute Gasteiger partial charge is 0.240 e. The number of aliphatic hydroxyl groups is 1. The van der Waals surface area contributed by atoms with Crippen LogP contribution in [-0.2, 0) is 4.79 Å². The molecule has 2 aliphatic rings. The van der Waals surface area contributed by atoms with E-state index in [1.54, 1.807) is 0 Å². The summed E-state index contributed by atoms with van der Waals surface area (Å²) in [6, 6.07) is 0. The SMILES string of the molecule is NC1(C(=O)NCC2(CO)CCCC2)CCCCC1. The van der Waals surface area contributed by atoms with Gasteiger partial charge < -0.3 is 16.2 Å². The number of carbonyl (C=O) groups is 1. The van der Waals surface area contributed by atoms with Crippen molar-refractivity contribution < 1.29 is 9.90 Å². The third-order valence-electron chi connectivity index (χ3n) is 4.82. The summed E-state index contributed by atoms with van der Waals surface area (Å²) in [6.45, 7) is 0.756. The van der Waals surface area contributed by atoms with Crippen LogP contribution >= 0.6 is 0 Å². The van der Waals surface area contributed by atoms with Crippen molar-refractivity contribution in [1.29, 1.82) is 0 Å². The zero-order valence-electron chi connectivity index (χ0n) is 11.2. The molecule has 0 unspecified atom stereocenters. The van der Waals surface area contributed by atoms with Crippen molar-refractivity contribution in [2.24, 2.45) is 11.1 Å². The molecule has 2 saturated carbocycles. The van der Waals surface area contributed by atoms with Crippen LogP contribution in [0.1, 0.15) is 57.8 Å². The van der Waals surface area contributed by atoms with Gasteiger partial charge in [-0.05, 0) is 25.7 Å². The van der Waals surface area contributed by atoms with E-state index >= 15 is 0 Å². The maximum absolute atomic E-state index is 12.2. The number of nitrogens with two attached hydrogens (primary N) is 1. The van der Waals surface area contributed by atoms with Crippen LogP contribution in [0.25, 0.3) is 0 Å². The van der Waals surface area contributed by atoms with Crippen LogP contribution in [0.3, 0.4) is 0 Å². The number of hydrogen-bond acceptors (Lipinski definition) is 3. The molecule has 0 radical (unpaired) electrons. The van der Waals surface area contributed by atoms with E-state index in [9.17, 15) is 9.90 Å². The fourth-order valence-electron chi connectivity index (χ4n) is 3.37. The van der Waals surface area contributed by atoms with Crippen LogP contribution in [-0.4, -0.2) is 29.7 Å². The fourth-order valence-corrected chi connectivity index (χ4v) is 3.37. The van der Waals surface area contributed by atoms with Gasteiger partial charge in [0, 0.05) is 12.0 Å². The Hall–Kier alpha value is -0.610. The van der Waals surface area contributed by atoms with Gasteiger partial charge in [-0.15, -0.1) is 0 Å². The Balaban J connectivity index is 1.87. The molecule has 0 aromatic rings. The number of carbonyl (C=O) groups excluding carboxylic acids is 1. The van der Waals surface area contributed by atoms with Gasteiger partial charge in [0.1, 0.15) is 0 Å². The van der Waals surface area contributed by atoms with Crippen LogP contribution in [0.4, 0.5) is 0 Å². The average Bonchev–Trinajstić information content (AvgIpc) is 2.86. The van der Waals surface area contributed by atoms with E-state index in [4.69, 9.17) is 5.73 Å². The minimum atomic E-state index is -0.659. The van der Waals surface area contributed by atoms with E-state index in [2.05, 4.69) is 5.32 Å². The van der Waals surface area contributed by atoms with E-state index in [-0.39, 0.29) is 17.9 Å². The second-order valence-electron chi connectivity index (χ2n) is 6.26. The Labute approximate surface area is 109 Å². The number of hydrogen-bond donors (Lipinski definition) is 3. The Morgan fingerprint density at radius 2 is 1.61 bits per heavy atom. The first-order valence-electron chi connectivity index (χ1n) is 7.28. The molecule has 0 aliphatic heterocycles. The van der Waals surface area contributed by atoms with E-state index in [1.165, 1.54) is 6.42 Å². The summed E-state index contributed by atoms with van der Waals surface area (Å²) in [5.41, 5.74) is 5.46. The molecule has 18 heavy (non-hydrogen) atoms. The molecule has 0 aromatic carbocycles. The predicted molar refractivity (Wildman–Crippen MR) is 71.0 cm³/mol. The molecule has 4 N–H and O–H groups in total. The molecule has 0 heterocycles. The van der Waals surface area contributed by atoms with Gasteiger partial charge in [0.15, 0.2) is 0 Å². The third kappa shape index (κ3) is 2.86. The molecule has 2 fully saturated rings. The molecule has 0 aromatic heterocycles. The first kappa shape index (κ1) is 13.8. The topological polar surface area (TPSA) is 75.4 Å². The molecule has 0 spiro atoms. The molecule has 0 bridgehead atoms. The van der Waals surface area contributed by atoms with Crippen molar-refractivity contribution in [2.75, 3.05) is 13.2 Å². The lowest BCUT2D eigenvalue weighted by molar-refractivity contribution is -0.128. The third-order valence-corrected chi connectivity index (χ3v) is 4.82. The van der Waals surface area contributed by atoms with Gasteiger partial charge >= 0.3 is 0 Å². The van der Waals surface area contributed by atoms with Crippen LogP contribution in [0.5, 0.6) is 0 Å². The lowest BCUT2D eigenvalue weighted by Crippen LogP contribution is -2.56. The van der Waals surface area contributed by atoms with Crippen LogP contribution < -0.4 is 11.1 Å². The second-order valence-corrected chi connectivity index (χ2v) is 6.26. The summed E-state index contributed by atoms with van der Waals surface area (Å²) in [5.74, 6) is -0.0121. The van der Waals surface area contributed by atoms with Crippen LogP contribution in [0.2, 0.25) is 0 Å². The van der Waals surface area contributed by atoms with Crippen molar-refractivity contribution >= 4 is 5.91 Å². The van der Waals surface area contributed by atoms with E-state index in [0.29, 0.717) is 6.54 Å². The Morgan fingerprint density at radius 1 is 1.06 bits per heavy atom. The standard InChI is InChI=1S/C14H26N2O2/c15-14(8-2-1-3-9-14)12(18)16-10-13(11-17)6-4-5-7-13/h17H,1-11,15H2,(H,16,18). The van der Waals surface area contributed by atoms with Crippen LogP contribution in [0.15, 0.2) is 0 Å². The number of rotatable bonds is 4. The summed E-state index contributed by atoms with van der Waals surface area (Å²) in [6.07, 6.45) is 9.23. The Kier molecular flexibility index (Phi) is 4.28. The molecule has 4 nitrogen and oxygen atoms in total. The van der Waals surface area contributed by atoms with Gasteiger partial charge in [0.25, 0.3) is 0 Å². The first-order chi connectivity index (χ1) is 8.60. The van der Waals surface area contributed by atoms with Gasteiger partial charge in [-0.1, -0.05) is 32.1 Å². The molecule has 2 aliphatic carbocycles. The zero-order valence-corrected chi connectivity index (χ0v) is 11.2. The summed E-state index contributed by atoms with van der Waals surface area (Å²) >= 11 is 0. The van der Waals surface area contributed by atoms with Gasteiger partial charge in [-0.2, -0.15) is 0 Å². The van der Waals surface area contributed by atoms with Gasteiger partial charge in [-0.25, -0.2) is 0 Å². The number of aliphatic hydroxyl groups excluding tert-OH is 1. The lowest BCUT2D eigenvalue weighted by atomic mass is 9.81. The zero-order chi connectivity index (χ0) is 13.1. The summed E-state index contributed by atoms with van der Waals surface area (Å²) in [5, 5.41) is 12.5. The summed E-state index contributed by atoms with van der Waals surface area (Å²) in [7, 11) is 0. The maximum atomic E-state index is 12.2.